The van der Waals surface area contributed by atoms with Crippen LogP contribution in [0.15, 0.2) is 24.3 Å². The number of nitrogens with one attached hydrogen (secondary N) is 1. The van der Waals surface area contributed by atoms with E-state index in [4.69, 9.17) is 16.3 Å². The molecule has 21 heavy (non-hydrogen) atoms. The van der Waals surface area contributed by atoms with Gasteiger partial charge in [0.05, 0.1) is 11.5 Å². The molecule has 0 saturated carbocycles. The lowest BCUT2D eigenvalue weighted by atomic mass is 10.1. The van der Waals surface area contributed by atoms with Crippen LogP contribution in [0.1, 0.15) is 12.8 Å². The molecule has 1 heterocycles. The third-order valence-electron chi connectivity index (χ3n) is 3.45. The molecular formula is C14H20ClNO4S. The summed E-state index contributed by atoms with van der Waals surface area (Å²) in [6, 6.07) is 7.09. The van der Waals surface area contributed by atoms with E-state index < -0.39 is 15.9 Å². The Kier molecular flexibility index (Phi) is 5.87. The summed E-state index contributed by atoms with van der Waals surface area (Å²) < 4.78 is 28.1. The highest BCUT2D eigenvalue weighted by Gasteiger charge is 2.23. The molecule has 0 amide bonds. The summed E-state index contributed by atoms with van der Waals surface area (Å²) in [6.07, 6.45) is 0.569. The quantitative estimate of drug-likeness (QED) is 0.819. The smallest absolute Gasteiger partial charge is 0.150 e. The number of aliphatic hydroxyl groups excluding tert-OH is 1. The van der Waals surface area contributed by atoms with Gasteiger partial charge in [0.25, 0.3) is 0 Å². The fourth-order valence-electron chi connectivity index (χ4n) is 2.18. The zero-order chi connectivity index (χ0) is 15.3. The molecule has 1 atom stereocenters. The van der Waals surface area contributed by atoms with Crippen molar-refractivity contribution in [3.63, 3.8) is 0 Å². The Balaban J connectivity index is 1.66. The van der Waals surface area contributed by atoms with Crippen LogP contribution in [0.4, 0.5) is 0 Å². The van der Waals surface area contributed by atoms with Gasteiger partial charge in [-0.05, 0) is 37.1 Å². The van der Waals surface area contributed by atoms with E-state index in [-0.39, 0.29) is 24.2 Å². The SMILES string of the molecule is O=S1(=O)CCC(NCC(O)COc2ccc(Cl)cc2)CC1. The average Bonchev–Trinajstić information content (AvgIpc) is 2.45. The molecule has 1 aromatic carbocycles. The van der Waals surface area contributed by atoms with Crippen molar-refractivity contribution in [2.75, 3.05) is 24.7 Å². The fraction of sp³-hybridized carbons (Fsp3) is 0.571. The second kappa shape index (κ2) is 7.45. The standard InChI is InChI=1S/C14H20ClNO4S/c15-11-1-3-14(4-2-11)20-10-13(17)9-16-12-5-7-21(18,19)8-6-12/h1-4,12-13,16-17H,5-10H2. The normalized spacial score (nSPS) is 20.1. The van der Waals surface area contributed by atoms with Crippen molar-refractivity contribution in [2.45, 2.75) is 25.0 Å². The van der Waals surface area contributed by atoms with Crippen LogP contribution in [0.5, 0.6) is 5.75 Å². The van der Waals surface area contributed by atoms with Crippen LogP contribution in [-0.4, -0.2) is 50.3 Å². The number of hydrogen-bond acceptors (Lipinski definition) is 5. The Morgan fingerprint density at radius 1 is 1.29 bits per heavy atom. The zero-order valence-corrected chi connectivity index (χ0v) is 13.2. The largest absolute Gasteiger partial charge is 0.491 e. The highest BCUT2D eigenvalue weighted by molar-refractivity contribution is 7.91. The minimum Gasteiger partial charge on any atom is -0.491 e. The van der Waals surface area contributed by atoms with Gasteiger partial charge in [0, 0.05) is 17.6 Å². The average molecular weight is 334 g/mol. The van der Waals surface area contributed by atoms with E-state index in [1.807, 2.05) is 0 Å². The monoisotopic (exact) mass is 333 g/mol. The molecule has 0 bridgehead atoms. The first kappa shape index (κ1) is 16.5. The molecule has 0 aliphatic carbocycles. The van der Waals surface area contributed by atoms with Gasteiger partial charge in [-0.1, -0.05) is 11.6 Å². The van der Waals surface area contributed by atoms with Gasteiger partial charge < -0.3 is 15.2 Å². The van der Waals surface area contributed by atoms with Gasteiger partial charge in [-0.15, -0.1) is 0 Å². The molecule has 0 spiro atoms. The van der Waals surface area contributed by atoms with Crippen molar-refractivity contribution < 1.29 is 18.3 Å². The topological polar surface area (TPSA) is 75.6 Å². The third-order valence-corrected chi connectivity index (χ3v) is 5.42. The number of rotatable bonds is 6. The first-order valence-electron chi connectivity index (χ1n) is 6.95. The number of ether oxygens (including phenoxy) is 1. The molecule has 1 saturated heterocycles. The van der Waals surface area contributed by atoms with Crippen molar-refractivity contribution in [3.05, 3.63) is 29.3 Å². The minimum atomic E-state index is -2.84. The summed E-state index contributed by atoms with van der Waals surface area (Å²) in [7, 11) is -2.84. The van der Waals surface area contributed by atoms with Crippen LogP contribution in [0, 0.1) is 0 Å². The molecule has 118 valence electrons. The molecule has 7 heteroatoms. The summed E-state index contributed by atoms with van der Waals surface area (Å²) in [5, 5.41) is 13.7. The summed E-state index contributed by atoms with van der Waals surface area (Å²) in [5.41, 5.74) is 0. The van der Waals surface area contributed by atoms with Crippen LogP contribution < -0.4 is 10.1 Å². The van der Waals surface area contributed by atoms with Crippen molar-refractivity contribution in [1.82, 2.24) is 5.32 Å². The lowest BCUT2D eigenvalue weighted by Gasteiger charge is -2.24. The molecule has 1 aromatic rings. The number of aliphatic hydroxyl groups is 1. The van der Waals surface area contributed by atoms with Gasteiger partial charge in [0.1, 0.15) is 28.3 Å². The Hall–Kier alpha value is -0.820. The van der Waals surface area contributed by atoms with Crippen molar-refractivity contribution in [2.24, 2.45) is 0 Å². The number of benzene rings is 1. The van der Waals surface area contributed by atoms with Gasteiger partial charge in [-0.3, -0.25) is 0 Å². The highest BCUT2D eigenvalue weighted by Crippen LogP contribution is 2.16. The van der Waals surface area contributed by atoms with Gasteiger partial charge >= 0.3 is 0 Å². The van der Waals surface area contributed by atoms with Crippen molar-refractivity contribution in [3.8, 4) is 5.75 Å². The van der Waals surface area contributed by atoms with E-state index in [9.17, 15) is 13.5 Å². The van der Waals surface area contributed by atoms with Crippen LogP contribution in [0.3, 0.4) is 0 Å². The molecule has 1 unspecified atom stereocenters. The molecule has 0 radical (unpaired) electrons. The maximum Gasteiger partial charge on any atom is 0.150 e. The Labute approximate surface area is 130 Å². The first-order chi connectivity index (χ1) is 9.94. The number of hydrogen-bond donors (Lipinski definition) is 2. The predicted molar refractivity (Wildman–Crippen MR) is 82.6 cm³/mol. The molecule has 5 nitrogen and oxygen atoms in total. The van der Waals surface area contributed by atoms with Gasteiger partial charge in [-0.25, -0.2) is 8.42 Å². The van der Waals surface area contributed by atoms with Gasteiger partial charge in [0.15, 0.2) is 0 Å². The van der Waals surface area contributed by atoms with E-state index >= 15 is 0 Å². The van der Waals surface area contributed by atoms with E-state index in [1.54, 1.807) is 24.3 Å². The molecule has 2 rings (SSSR count). The zero-order valence-electron chi connectivity index (χ0n) is 11.7. The molecule has 1 aliphatic heterocycles. The lowest BCUT2D eigenvalue weighted by Crippen LogP contribution is -2.42. The van der Waals surface area contributed by atoms with E-state index in [2.05, 4.69) is 5.32 Å². The van der Waals surface area contributed by atoms with Crippen LogP contribution in [0.25, 0.3) is 0 Å². The molecule has 1 aliphatic rings. The van der Waals surface area contributed by atoms with E-state index in [0.717, 1.165) is 0 Å². The summed E-state index contributed by atoms with van der Waals surface area (Å²) in [4.78, 5) is 0. The van der Waals surface area contributed by atoms with E-state index in [1.165, 1.54) is 0 Å². The van der Waals surface area contributed by atoms with Crippen LogP contribution in [0.2, 0.25) is 5.02 Å². The summed E-state index contributed by atoms with van der Waals surface area (Å²) >= 11 is 5.77. The molecule has 1 fully saturated rings. The van der Waals surface area contributed by atoms with Gasteiger partial charge in [0.2, 0.25) is 0 Å². The second-order valence-corrected chi connectivity index (χ2v) is 7.99. The molecule has 0 aromatic heterocycles. The fourth-order valence-corrected chi connectivity index (χ4v) is 3.80. The molecular weight excluding hydrogens is 314 g/mol. The Morgan fingerprint density at radius 3 is 2.52 bits per heavy atom. The highest BCUT2D eigenvalue weighted by atomic mass is 35.5. The summed E-state index contributed by atoms with van der Waals surface area (Å²) in [6.45, 7) is 0.567. The second-order valence-electron chi connectivity index (χ2n) is 5.25. The Bertz CT molecular complexity index is 533. The van der Waals surface area contributed by atoms with E-state index in [0.29, 0.717) is 30.2 Å². The summed E-state index contributed by atoms with van der Waals surface area (Å²) in [5.74, 6) is 1.10. The van der Waals surface area contributed by atoms with Crippen LogP contribution >= 0.6 is 11.6 Å². The first-order valence-corrected chi connectivity index (χ1v) is 9.15. The Morgan fingerprint density at radius 2 is 1.90 bits per heavy atom. The number of halogens is 1. The number of sulfone groups is 1. The lowest BCUT2D eigenvalue weighted by molar-refractivity contribution is 0.103. The van der Waals surface area contributed by atoms with Crippen LogP contribution in [-0.2, 0) is 9.84 Å². The maximum atomic E-state index is 11.3. The maximum absolute atomic E-state index is 11.3. The minimum absolute atomic E-state index is 0.152. The third kappa shape index (κ3) is 5.82. The predicted octanol–water partition coefficient (Wildman–Crippen LogP) is 1.25. The molecule has 2 N–H and O–H groups in total. The van der Waals surface area contributed by atoms with Crippen molar-refractivity contribution in [1.29, 1.82) is 0 Å². The van der Waals surface area contributed by atoms with Gasteiger partial charge in [-0.2, -0.15) is 0 Å². The van der Waals surface area contributed by atoms with Crippen molar-refractivity contribution >= 4 is 21.4 Å².